The summed E-state index contributed by atoms with van der Waals surface area (Å²) in [5, 5.41) is 2.93. The number of hydrogen-bond donors (Lipinski definition) is 1. The van der Waals surface area contributed by atoms with Crippen LogP contribution in [0.2, 0.25) is 0 Å². The van der Waals surface area contributed by atoms with Gasteiger partial charge in [-0.05, 0) is 30.5 Å². The van der Waals surface area contributed by atoms with Crippen molar-refractivity contribution in [3.05, 3.63) is 35.4 Å². The van der Waals surface area contributed by atoms with Gasteiger partial charge < -0.3 is 19.5 Å². The van der Waals surface area contributed by atoms with Gasteiger partial charge >= 0.3 is 12.1 Å². The molecule has 184 valence electrons. The topological polar surface area (TPSA) is 77.1 Å². The second-order valence-electron chi connectivity index (χ2n) is 8.54. The third kappa shape index (κ3) is 7.97. The van der Waals surface area contributed by atoms with Gasteiger partial charge in [0.2, 0.25) is 0 Å². The quantitative estimate of drug-likeness (QED) is 0.557. The van der Waals surface area contributed by atoms with Crippen molar-refractivity contribution in [2.75, 3.05) is 46.1 Å². The van der Waals surface area contributed by atoms with Crippen LogP contribution in [0.25, 0.3) is 0 Å². The number of esters is 1. The summed E-state index contributed by atoms with van der Waals surface area (Å²) in [5.41, 5.74) is 0.625. The number of ether oxygens (including phenoxy) is 3. The van der Waals surface area contributed by atoms with Gasteiger partial charge in [0.1, 0.15) is 6.61 Å². The number of rotatable bonds is 9. The smallest absolute Gasteiger partial charge is 0.411 e. The van der Waals surface area contributed by atoms with E-state index in [9.17, 15) is 22.8 Å². The van der Waals surface area contributed by atoms with E-state index in [0.29, 0.717) is 25.3 Å². The van der Waals surface area contributed by atoms with Crippen LogP contribution in [0.1, 0.15) is 48.0 Å². The minimum Gasteiger partial charge on any atom is -0.452 e. The maximum Gasteiger partial charge on any atom is 0.411 e. The molecular formula is C23H31F3N2O5. The van der Waals surface area contributed by atoms with Gasteiger partial charge in [-0.3, -0.25) is 9.69 Å². The number of nitrogens with zero attached hydrogens (tertiary/aromatic N) is 1. The van der Waals surface area contributed by atoms with E-state index in [-0.39, 0.29) is 23.6 Å². The summed E-state index contributed by atoms with van der Waals surface area (Å²) >= 11 is 0. The predicted molar refractivity (Wildman–Crippen MR) is 114 cm³/mol. The molecule has 1 aliphatic heterocycles. The predicted octanol–water partition coefficient (Wildman–Crippen LogP) is 3.07. The van der Waals surface area contributed by atoms with Gasteiger partial charge in [-0.25, -0.2) is 4.79 Å². The number of amides is 1. The van der Waals surface area contributed by atoms with Gasteiger partial charge in [-0.15, -0.1) is 0 Å². The van der Waals surface area contributed by atoms with E-state index < -0.39 is 25.4 Å². The lowest BCUT2D eigenvalue weighted by Gasteiger charge is -2.48. The first-order chi connectivity index (χ1) is 15.8. The van der Waals surface area contributed by atoms with Crippen LogP contribution in [0.4, 0.5) is 13.2 Å². The third-order valence-electron chi connectivity index (χ3n) is 6.14. The van der Waals surface area contributed by atoms with Gasteiger partial charge in [0, 0.05) is 25.2 Å². The number of morpholine rings is 1. The molecule has 0 spiro atoms. The zero-order valence-corrected chi connectivity index (χ0v) is 18.6. The van der Waals surface area contributed by atoms with Crippen molar-refractivity contribution >= 4 is 11.9 Å². The molecule has 1 aromatic rings. The zero-order valence-electron chi connectivity index (χ0n) is 18.6. The first-order valence-electron chi connectivity index (χ1n) is 11.3. The summed E-state index contributed by atoms with van der Waals surface area (Å²) in [6.07, 6.45) is 1.10. The van der Waals surface area contributed by atoms with Gasteiger partial charge in [-0.2, -0.15) is 13.2 Å². The molecule has 33 heavy (non-hydrogen) atoms. The van der Waals surface area contributed by atoms with Crippen LogP contribution >= 0.6 is 0 Å². The van der Waals surface area contributed by atoms with E-state index in [1.165, 1.54) is 30.7 Å². The van der Waals surface area contributed by atoms with Gasteiger partial charge in [0.25, 0.3) is 5.91 Å². The highest BCUT2D eigenvalue weighted by atomic mass is 19.4. The van der Waals surface area contributed by atoms with Crippen molar-refractivity contribution in [2.45, 2.75) is 50.4 Å². The molecule has 2 fully saturated rings. The van der Waals surface area contributed by atoms with Crippen LogP contribution in [0.5, 0.6) is 0 Å². The Balaban J connectivity index is 1.43. The molecule has 3 rings (SSSR count). The summed E-state index contributed by atoms with van der Waals surface area (Å²) in [4.78, 5) is 27.0. The second kappa shape index (κ2) is 11.8. The normalized spacial score (nSPS) is 19.1. The Morgan fingerprint density at radius 2 is 1.73 bits per heavy atom. The van der Waals surface area contributed by atoms with Gasteiger partial charge in [0.15, 0.2) is 6.61 Å². The molecule has 1 aliphatic carbocycles. The van der Waals surface area contributed by atoms with E-state index in [0.717, 1.165) is 38.8 Å². The fourth-order valence-electron chi connectivity index (χ4n) is 4.40. The monoisotopic (exact) mass is 472 g/mol. The maximum atomic E-state index is 12.4. The first kappa shape index (κ1) is 25.5. The van der Waals surface area contributed by atoms with E-state index in [4.69, 9.17) is 9.47 Å². The molecular weight excluding hydrogens is 441 g/mol. The number of benzene rings is 1. The summed E-state index contributed by atoms with van der Waals surface area (Å²) in [6, 6.07) is 5.84. The van der Waals surface area contributed by atoms with Gasteiger partial charge in [-0.1, -0.05) is 31.4 Å². The van der Waals surface area contributed by atoms with Crippen molar-refractivity contribution < 1.29 is 37.0 Å². The van der Waals surface area contributed by atoms with Crippen LogP contribution in [0.15, 0.2) is 24.3 Å². The zero-order chi connectivity index (χ0) is 23.7. The van der Waals surface area contributed by atoms with Gasteiger partial charge in [0.05, 0.1) is 25.4 Å². The van der Waals surface area contributed by atoms with Crippen LogP contribution in [0.3, 0.4) is 0 Å². The Morgan fingerprint density at radius 3 is 2.36 bits per heavy atom. The SMILES string of the molecule is O=C(COC(=O)c1ccc(COCC(F)(F)F)cc1)NCC1(N2CCOCC2)CCCCC1. The molecule has 0 bridgehead atoms. The standard InChI is InChI=1S/C23H31F3N2O5/c24-23(25,26)17-32-14-18-4-6-19(7-5-18)21(30)33-15-20(29)27-16-22(8-2-1-3-9-22)28-10-12-31-13-11-28/h4-7H,1-3,8-17H2,(H,27,29). The number of alkyl halides is 3. The number of hydrogen-bond acceptors (Lipinski definition) is 6. The van der Waals surface area contributed by atoms with E-state index in [2.05, 4.69) is 15.0 Å². The molecule has 1 amide bonds. The molecule has 1 aromatic carbocycles. The Bertz CT molecular complexity index is 773. The third-order valence-corrected chi connectivity index (χ3v) is 6.14. The number of carbonyl (C=O) groups excluding carboxylic acids is 2. The van der Waals surface area contributed by atoms with Crippen molar-refractivity contribution in [1.82, 2.24) is 10.2 Å². The van der Waals surface area contributed by atoms with Crippen molar-refractivity contribution in [1.29, 1.82) is 0 Å². The highest BCUT2D eigenvalue weighted by Crippen LogP contribution is 2.33. The molecule has 1 saturated heterocycles. The average Bonchev–Trinajstić information content (AvgIpc) is 2.82. The lowest BCUT2D eigenvalue weighted by molar-refractivity contribution is -0.176. The van der Waals surface area contributed by atoms with Crippen LogP contribution in [0, 0.1) is 0 Å². The highest BCUT2D eigenvalue weighted by molar-refractivity contribution is 5.91. The second-order valence-corrected chi connectivity index (χ2v) is 8.54. The Kier molecular flexibility index (Phi) is 9.10. The average molecular weight is 473 g/mol. The molecule has 0 atom stereocenters. The van der Waals surface area contributed by atoms with E-state index in [1.807, 2.05) is 0 Å². The van der Waals surface area contributed by atoms with Crippen LogP contribution < -0.4 is 5.32 Å². The molecule has 0 aromatic heterocycles. The largest absolute Gasteiger partial charge is 0.452 e. The molecule has 1 saturated carbocycles. The minimum absolute atomic E-state index is 0.0777. The fourth-order valence-corrected chi connectivity index (χ4v) is 4.40. The maximum absolute atomic E-state index is 12.4. The molecule has 0 unspecified atom stereocenters. The van der Waals surface area contributed by atoms with Crippen molar-refractivity contribution in [2.24, 2.45) is 0 Å². The highest BCUT2D eigenvalue weighted by Gasteiger charge is 2.38. The Labute approximate surface area is 191 Å². The van der Waals surface area contributed by atoms with E-state index in [1.54, 1.807) is 0 Å². The molecule has 0 radical (unpaired) electrons. The first-order valence-corrected chi connectivity index (χ1v) is 11.3. The van der Waals surface area contributed by atoms with Crippen LogP contribution in [-0.4, -0.2) is 74.6 Å². The molecule has 1 heterocycles. The molecule has 10 heteroatoms. The summed E-state index contributed by atoms with van der Waals surface area (Å²) < 4.78 is 51.6. The molecule has 2 aliphatic rings. The van der Waals surface area contributed by atoms with Crippen LogP contribution in [-0.2, 0) is 25.6 Å². The van der Waals surface area contributed by atoms with Crippen molar-refractivity contribution in [3.8, 4) is 0 Å². The minimum atomic E-state index is -4.39. The molecule has 1 N–H and O–H groups in total. The summed E-state index contributed by atoms with van der Waals surface area (Å²) in [7, 11) is 0. The summed E-state index contributed by atoms with van der Waals surface area (Å²) in [6.45, 7) is 1.65. The fraction of sp³-hybridized carbons (Fsp3) is 0.652. The van der Waals surface area contributed by atoms with Crippen molar-refractivity contribution in [3.63, 3.8) is 0 Å². The summed E-state index contributed by atoms with van der Waals surface area (Å²) in [5.74, 6) is -1.04. The number of halogens is 3. The molecule has 7 nitrogen and oxygen atoms in total. The van der Waals surface area contributed by atoms with E-state index >= 15 is 0 Å². The lowest BCUT2D eigenvalue weighted by atomic mass is 9.79. The lowest BCUT2D eigenvalue weighted by Crippen LogP contribution is -2.59. The Hall–Kier alpha value is -2.17. The number of carbonyl (C=O) groups is 2. The Morgan fingerprint density at radius 1 is 1.06 bits per heavy atom. The number of nitrogens with one attached hydrogen (secondary N) is 1.